The van der Waals surface area contributed by atoms with E-state index in [-0.39, 0.29) is 63.3 Å². The van der Waals surface area contributed by atoms with Gasteiger partial charge in [0.2, 0.25) is 70.9 Å². The summed E-state index contributed by atoms with van der Waals surface area (Å²) in [6.45, 7) is 2.26. The van der Waals surface area contributed by atoms with Crippen molar-refractivity contribution in [3.8, 4) is 5.75 Å². The first-order valence-electron chi connectivity index (χ1n) is 28.4. The molecule has 2 saturated heterocycles. The molecule has 12 amide bonds. The average Bonchev–Trinajstić information content (AvgIpc) is 2.40. The summed E-state index contributed by atoms with van der Waals surface area (Å²) in [7, 11) is 1.56. The summed E-state index contributed by atoms with van der Waals surface area (Å²) in [5, 5.41) is 51.2. The molecule has 90 heavy (non-hydrogen) atoms. The third kappa shape index (κ3) is 24.7. The maximum atomic E-state index is 14.9. The van der Waals surface area contributed by atoms with Crippen molar-refractivity contribution in [2.75, 3.05) is 31.1 Å². The van der Waals surface area contributed by atoms with Gasteiger partial charge in [0.25, 0.3) is 0 Å². The molecule has 33 nitrogen and oxygen atoms in total. The minimum Gasteiger partial charge on any atom is -0.508 e. The number of nitrogens with zero attached hydrogens (tertiary/aromatic N) is 2. The number of carbonyl (C=O) groups is 14. The van der Waals surface area contributed by atoms with E-state index in [1.54, 1.807) is 44.2 Å². The van der Waals surface area contributed by atoms with Crippen molar-refractivity contribution in [2.24, 2.45) is 39.6 Å². The van der Waals surface area contributed by atoms with Gasteiger partial charge < -0.3 is 96.7 Å². The van der Waals surface area contributed by atoms with Crippen molar-refractivity contribution in [2.45, 2.75) is 138 Å². The van der Waals surface area contributed by atoms with E-state index in [0.717, 1.165) is 26.5 Å². The number of aromatic hydroxyl groups is 1. The van der Waals surface area contributed by atoms with Crippen LogP contribution in [-0.2, 0) is 80.0 Å². The lowest BCUT2D eigenvalue weighted by Crippen LogP contribution is -2.62. The van der Waals surface area contributed by atoms with Crippen LogP contribution in [-0.4, -0.2) is 201 Å². The first-order valence-corrected chi connectivity index (χ1v) is 30.9. The van der Waals surface area contributed by atoms with Crippen molar-refractivity contribution >= 4 is 110 Å². The van der Waals surface area contributed by atoms with Gasteiger partial charge in [0.15, 0.2) is 5.96 Å². The Morgan fingerprint density at radius 1 is 0.678 bits per heavy atom. The molecule has 0 bridgehead atoms. The van der Waals surface area contributed by atoms with Crippen molar-refractivity contribution in [1.82, 2.24) is 52.8 Å². The van der Waals surface area contributed by atoms with Crippen molar-refractivity contribution in [3.05, 3.63) is 65.7 Å². The van der Waals surface area contributed by atoms with Gasteiger partial charge in [0.1, 0.15) is 66.7 Å². The van der Waals surface area contributed by atoms with Crippen LogP contribution in [0.2, 0.25) is 0 Å². The quantitative estimate of drug-likeness (QED) is 0.0181. The standard InChI is InChI=1S/C55H78N16O17S2/c1-27(2)44(58)53(87)68-36(23-42(75)76)50(84)69-37-25-89-90-26-38(54(88)71-19-7-11-39(71)52(86)64-31(10-6-18-61-55(59)60)45(79)62-24-43(77)78)70-49(83)35(22-41(57)74)67-46(80)32(16-17-40(56)73)63-47(81)33(20-28-8-4-3-5-9-28)65-48(82)34(66-51(37)85)21-29-12-14-30(72)15-13-29/h3-5,8-9,12-15,27,31-39,44,72H,6-7,10-11,16-26,58H2,1-2H3,(H2,56,73)(H2,57,74)(H,62,79)(H,63,81)(H,64,86)(H,65,82)(H,66,85)(H,67,80)(H,68,87)(H,69,84)(H,70,83)(H,75,76)(H,77,78)(H4,59,60,61)/t31-,32-,33-,34-,35-,36-,37-,38-,39-,44-/m0/s1. The Hall–Kier alpha value is -9.25. The number of phenols is 1. The number of amides is 12. The van der Waals surface area contributed by atoms with Crippen LogP contribution < -0.4 is 76.5 Å². The Bertz CT molecular complexity index is 2960. The Labute approximate surface area is 524 Å². The molecular formula is C55H78N16O17S2. The van der Waals surface area contributed by atoms with Gasteiger partial charge in [0.05, 0.1) is 18.9 Å². The number of aliphatic imine (C=N–C) groups is 1. The number of hydrogen-bond acceptors (Lipinski definition) is 19. The molecule has 10 atom stereocenters. The second-order valence-electron chi connectivity index (χ2n) is 21.4. The first-order chi connectivity index (χ1) is 42.5. The van der Waals surface area contributed by atoms with Crippen LogP contribution >= 0.6 is 21.6 Å². The van der Waals surface area contributed by atoms with Crippen molar-refractivity contribution < 1.29 is 82.4 Å². The largest absolute Gasteiger partial charge is 0.508 e. The zero-order valence-corrected chi connectivity index (χ0v) is 50.9. The number of carboxylic acids is 2. The smallest absolute Gasteiger partial charge is 0.322 e. The monoisotopic (exact) mass is 1300 g/mol. The van der Waals surface area contributed by atoms with Crippen LogP contribution in [0, 0.1) is 5.92 Å². The Balaban J connectivity index is 1.88. The van der Waals surface area contributed by atoms with E-state index in [4.69, 9.17) is 28.7 Å². The molecule has 2 aliphatic heterocycles. The van der Waals surface area contributed by atoms with E-state index < -0.39 is 193 Å². The minimum absolute atomic E-state index is 0.00242. The molecule has 0 saturated carbocycles. The van der Waals surface area contributed by atoms with Gasteiger partial charge in [-0.25, -0.2) is 0 Å². The molecule has 2 heterocycles. The normalized spacial score (nSPS) is 21.4. The Morgan fingerprint density at radius 2 is 1.26 bits per heavy atom. The second kappa shape index (κ2) is 36.3. The molecule has 2 aromatic rings. The molecule has 2 aromatic carbocycles. The van der Waals surface area contributed by atoms with Crippen LogP contribution in [0.5, 0.6) is 5.75 Å². The summed E-state index contributed by atoms with van der Waals surface area (Å²) in [6.07, 6.45) is -3.45. The predicted molar refractivity (Wildman–Crippen MR) is 325 cm³/mol. The zero-order chi connectivity index (χ0) is 66.8. The van der Waals surface area contributed by atoms with Crippen LogP contribution in [0.1, 0.15) is 76.3 Å². The molecule has 0 aliphatic carbocycles. The van der Waals surface area contributed by atoms with Crippen LogP contribution in [0.4, 0.5) is 0 Å². The van der Waals surface area contributed by atoms with Gasteiger partial charge in [-0.3, -0.25) is 72.1 Å². The van der Waals surface area contributed by atoms with Gasteiger partial charge >= 0.3 is 11.9 Å². The zero-order valence-electron chi connectivity index (χ0n) is 49.3. The highest BCUT2D eigenvalue weighted by molar-refractivity contribution is 8.76. The highest BCUT2D eigenvalue weighted by atomic mass is 33.1. The Kier molecular flexibility index (Phi) is 29.5. The summed E-state index contributed by atoms with van der Waals surface area (Å²) in [5.41, 5.74) is 28.7. The number of hydrogen-bond donors (Lipinski definition) is 17. The number of carboxylic acid groups (broad SMARTS) is 2. The topological polar surface area (TPSA) is 554 Å². The van der Waals surface area contributed by atoms with Crippen LogP contribution in [0.15, 0.2) is 59.6 Å². The number of phenolic OH excluding ortho intramolecular Hbond substituents is 1. The SMILES string of the molecule is CC(C)[C@H](N)C(=O)N[C@@H](CC(=O)O)C(=O)N[C@H]1CSSC[C@@H](C(=O)N2CCC[C@H]2C(=O)N[C@@H](CCCN=C(N)N)C(=O)NCC(=O)O)NC(=O)[C@H](CC(N)=O)NC(=O)[C@H](CCC(N)=O)NC(=O)[C@H](Cc2ccccc2)NC(=O)[C@H](Cc2ccc(O)cc2)NC1=O. The predicted octanol–water partition coefficient (Wildman–Crippen LogP) is -5.70. The number of nitrogens with one attached hydrogen (secondary N) is 9. The van der Waals surface area contributed by atoms with Crippen LogP contribution in [0.25, 0.3) is 0 Å². The van der Waals surface area contributed by atoms with Gasteiger partial charge in [-0.1, -0.05) is 77.9 Å². The maximum Gasteiger partial charge on any atom is 0.322 e. The lowest BCUT2D eigenvalue weighted by Gasteiger charge is -2.31. The molecular weight excluding hydrogens is 1220 g/mol. The van der Waals surface area contributed by atoms with E-state index in [1.165, 1.54) is 24.3 Å². The lowest BCUT2D eigenvalue weighted by atomic mass is 10.0. The highest BCUT2D eigenvalue weighted by Crippen LogP contribution is 2.27. The molecule has 2 aliphatic rings. The summed E-state index contributed by atoms with van der Waals surface area (Å²) >= 11 is 0. The fourth-order valence-corrected chi connectivity index (χ4v) is 11.4. The van der Waals surface area contributed by atoms with Crippen LogP contribution in [0.3, 0.4) is 0 Å². The van der Waals surface area contributed by atoms with Crippen molar-refractivity contribution in [1.29, 1.82) is 0 Å². The van der Waals surface area contributed by atoms with Gasteiger partial charge in [0, 0.05) is 43.9 Å². The fraction of sp³-hybridized carbons (Fsp3) is 0.509. The third-order valence-corrected chi connectivity index (χ3v) is 16.4. The summed E-state index contributed by atoms with van der Waals surface area (Å²) in [6, 6.07) is -2.64. The van der Waals surface area contributed by atoms with E-state index in [9.17, 15) is 82.4 Å². The van der Waals surface area contributed by atoms with E-state index in [2.05, 4.69) is 52.8 Å². The summed E-state index contributed by atoms with van der Waals surface area (Å²) in [4.78, 5) is 196. The van der Waals surface area contributed by atoms with E-state index in [0.29, 0.717) is 11.1 Å². The highest BCUT2D eigenvalue weighted by Gasteiger charge is 2.41. The molecule has 0 unspecified atom stereocenters. The third-order valence-electron chi connectivity index (χ3n) is 13.9. The molecule has 492 valence electrons. The van der Waals surface area contributed by atoms with E-state index >= 15 is 0 Å². The maximum absolute atomic E-state index is 14.9. The number of guanidine groups is 1. The molecule has 0 aromatic heterocycles. The number of primary amides is 2. The molecule has 35 heteroatoms. The Morgan fingerprint density at radius 3 is 1.84 bits per heavy atom. The number of rotatable bonds is 26. The first kappa shape index (κ1) is 73.2. The van der Waals surface area contributed by atoms with E-state index in [1.807, 2.05) is 0 Å². The molecule has 4 rings (SSSR count). The number of benzene rings is 2. The lowest BCUT2D eigenvalue weighted by molar-refractivity contribution is -0.142. The number of carbonyl (C=O) groups excluding carboxylic acids is 12. The van der Waals surface area contributed by atoms with Crippen molar-refractivity contribution in [3.63, 3.8) is 0 Å². The van der Waals surface area contributed by atoms with Gasteiger partial charge in [-0.15, -0.1) is 0 Å². The number of nitrogens with two attached hydrogens (primary N) is 5. The molecule has 0 spiro atoms. The number of aliphatic carboxylic acids is 2. The molecule has 2 fully saturated rings. The fourth-order valence-electron chi connectivity index (χ4n) is 9.11. The minimum atomic E-state index is -1.93. The second-order valence-corrected chi connectivity index (χ2v) is 24.0. The average molecular weight is 1300 g/mol. The molecule has 22 N–H and O–H groups in total. The van der Waals surface area contributed by atoms with Gasteiger partial charge in [-0.2, -0.15) is 0 Å². The van der Waals surface area contributed by atoms with Gasteiger partial charge in [-0.05, 0) is 61.3 Å². The summed E-state index contributed by atoms with van der Waals surface area (Å²) < 4.78 is 0. The number of likely N-dealkylation sites (tertiary alicyclic amines) is 1. The molecule has 0 radical (unpaired) electrons. The summed E-state index contributed by atoms with van der Waals surface area (Å²) in [5.74, 6) is -17.4.